The number of carboxylic acids is 1. The second-order valence-corrected chi connectivity index (χ2v) is 10.5. The summed E-state index contributed by atoms with van der Waals surface area (Å²) in [5.41, 5.74) is 8.38. The number of aromatic nitrogens is 2. The molecule has 1 aromatic carbocycles. The van der Waals surface area contributed by atoms with Gasteiger partial charge in [0.25, 0.3) is 0 Å². The minimum absolute atomic E-state index is 0.0202. The van der Waals surface area contributed by atoms with E-state index >= 15 is 0 Å². The molecule has 1 aliphatic rings. The van der Waals surface area contributed by atoms with Gasteiger partial charge in [-0.05, 0) is 31.0 Å². The van der Waals surface area contributed by atoms with Crippen molar-refractivity contribution in [2.75, 3.05) is 25.8 Å². The van der Waals surface area contributed by atoms with Crippen molar-refractivity contribution in [1.82, 2.24) is 14.7 Å². The molecular weight excluding hydrogens is 391 g/mol. The van der Waals surface area contributed by atoms with Gasteiger partial charge in [0.15, 0.2) is 5.16 Å². The van der Waals surface area contributed by atoms with Crippen LogP contribution >= 0.6 is 7.37 Å². The summed E-state index contributed by atoms with van der Waals surface area (Å²) in [5.74, 6) is -1.19. The van der Waals surface area contributed by atoms with E-state index in [0.717, 1.165) is 16.8 Å². The van der Waals surface area contributed by atoms with Crippen molar-refractivity contribution in [3.05, 3.63) is 42.1 Å². The molecule has 1 aliphatic heterocycles. The first-order chi connectivity index (χ1) is 13.8. The third-order valence-corrected chi connectivity index (χ3v) is 8.42. The van der Waals surface area contributed by atoms with Crippen LogP contribution in [0.3, 0.4) is 0 Å². The minimum Gasteiger partial charge on any atom is -0.480 e. The highest BCUT2D eigenvalue weighted by molar-refractivity contribution is 7.61. The molecule has 2 aromatic rings. The maximum Gasteiger partial charge on any atom is 0.320 e. The predicted molar refractivity (Wildman–Crippen MR) is 112 cm³/mol. The number of hydrogen-bond acceptors (Lipinski definition) is 5. The first kappa shape index (κ1) is 21.7. The Balaban J connectivity index is 1.86. The average molecular weight is 420 g/mol. The van der Waals surface area contributed by atoms with Gasteiger partial charge in [-0.25, -0.2) is 0 Å². The number of aliphatic carboxylic acids is 1. The quantitative estimate of drug-likeness (QED) is 0.442. The van der Waals surface area contributed by atoms with Gasteiger partial charge >= 0.3 is 5.97 Å². The van der Waals surface area contributed by atoms with Crippen LogP contribution < -0.4 is 5.73 Å². The molecule has 0 aliphatic carbocycles. The molecule has 0 amide bonds. The highest BCUT2D eigenvalue weighted by Gasteiger charge is 2.56. The highest BCUT2D eigenvalue weighted by atomic mass is 31.2. The van der Waals surface area contributed by atoms with E-state index in [1.165, 1.54) is 0 Å². The Morgan fingerprint density at radius 3 is 2.72 bits per heavy atom. The third kappa shape index (κ3) is 4.46. The lowest BCUT2D eigenvalue weighted by Gasteiger charge is -2.43. The Bertz CT molecular complexity index is 915. The largest absolute Gasteiger partial charge is 0.480 e. The Morgan fingerprint density at radius 1 is 1.31 bits per heavy atom. The Hall–Kier alpha value is -1.99. The van der Waals surface area contributed by atoms with Crippen LogP contribution in [0.2, 0.25) is 0 Å². The first-order valence-corrected chi connectivity index (χ1v) is 11.7. The van der Waals surface area contributed by atoms with E-state index in [1.807, 2.05) is 48.5 Å². The van der Waals surface area contributed by atoms with Gasteiger partial charge in [-0.1, -0.05) is 30.7 Å². The molecule has 158 valence electrons. The summed E-state index contributed by atoms with van der Waals surface area (Å²) >= 11 is 0. The topological polar surface area (TPSA) is 122 Å². The second-order valence-electron chi connectivity index (χ2n) is 7.75. The average Bonchev–Trinajstić information content (AvgIpc) is 3.11. The molecule has 2 heterocycles. The molecule has 3 rings (SSSR count). The minimum atomic E-state index is -3.83. The van der Waals surface area contributed by atoms with Crippen LogP contribution in [0.15, 0.2) is 36.5 Å². The summed E-state index contributed by atoms with van der Waals surface area (Å²) in [6.07, 6.45) is 3.17. The van der Waals surface area contributed by atoms with Crippen molar-refractivity contribution >= 4 is 13.3 Å². The number of carboxylic acid groups (broad SMARTS) is 1. The van der Waals surface area contributed by atoms with Crippen molar-refractivity contribution in [1.29, 1.82) is 0 Å². The lowest BCUT2D eigenvalue weighted by Crippen LogP contribution is -2.53. The van der Waals surface area contributed by atoms with E-state index in [2.05, 4.69) is 5.10 Å². The molecule has 1 aromatic heterocycles. The van der Waals surface area contributed by atoms with Crippen LogP contribution in [0.5, 0.6) is 0 Å². The molecule has 1 fully saturated rings. The molecule has 9 heteroatoms. The number of carbonyl (C=O) groups is 1. The van der Waals surface area contributed by atoms with E-state index in [4.69, 9.17) is 5.73 Å². The van der Waals surface area contributed by atoms with E-state index in [1.54, 1.807) is 4.68 Å². The molecule has 0 radical (unpaired) electrons. The van der Waals surface area contributed by atoms with Crippen molar-refractivity contribution in [3.8, 4) is 11.3 Å². The SMILES string of the molecule is Cn1ccc(-c2ccccc2CN2CCP(=O)(O)C(CCCCN)(C(=O)O)C2)n1. The first-order valence-electron chi connectivity index (χ1n) is 9.85. The second kappa shape index (κ2) is 8.79. The molecular formula is C20H29N4O4P. The summed E-state index contributed by atoms with van der Waals surface area (Å²) < 4.78 is 14.7. The summed E-state index contributed by atoms with van der Waals surface area (Å²) in [6.45, 7) is 1.37. The molecule has 0 bridgehead atoms. The molecule has 29 heavy (non-hydrogen) atoms. The molecule has 0 saturated carbocycles. The summed E-state index contributed by atoms with van der Waals surface area (Å²) in [4.78, 5) is 24.7. The molecule has 2 unspecified atom stereocenters. The standard InChI is InChI=1S/C20H29N4O4P/c1-23-11-8-18(22-23)17-7-3-2-6-16(17)14-24-12-13-29(27,28)20(15-24,19(25)26)9-4-5-10-21/h2-3,6-8,11H,4-5,9-10,12-15,21H2,1H3,(H,25,26)(H,27,28). The van der Waals surface area contributed by atoms with Gasteiger partial charge in [0.05, 0.1) is 5.69 Å². The molecule has 1 saturated heterocycles. The van der Waals surface area contributed by atoms with Gasteiger partial charge in [-0.15, -0.1) is 0 Å². The van der Waals surface area contributed by atoms with E-state index in [0.29, 0.717) is 32.5 Å². The zero-order chi connectivity index (χ0) is 21.1. The van der Waals surface area contributed by atoms with Crippen molar-refractivity contribution < 1.29 is 19.4 Å². The van der Waals surface area contributed by atoms with Crippen LogP contribution in [0.25, 0.3) is 11.3 Å². The predicted octanol–water partition coefficient (Wildman–Crippen LogP) is 2.13. The van der Waals surface area contributed by atoms with E-state index < -0.39 is 18.5 Å². The van der Waals surface area contributed by atoms with Crippen LogP contribution in [-0.2, 0) is 23.0 Å². The van der Waals surface area contributed by atoms with Gasteiger partial charge in [-0.2, -0.15) is 5.10 Å². The zero-order valence-corrected chi connectivity index (χ0v) is 17.6. The van der Waals surface area contributed by atoms with Crippen molar-refractivity contribution in [2.24, 2.45) is 12.8 Å². The Kier molecular flexibility index (Phi) is 6.58. The number of aryl methyl sites for hydroxylation is 1. The zero-order valence-electron chi connectivity index (χ0n) is 16.7. The summed E-state index contributed by atoms with van der Waals surface area (Å²) in [6, 6.07) is 9.80. The fraction of sp³-hybridized carbons (Fsp3) is 0.500. The molecule has 8 nitrogen and oxygen atoms in total. The van der Waals surface area contributed by atoms with Gasteiger partial charge in [0, 0.05) is 44.6 Å². The number of unbranched alkanes of at least 4 members (excludes halogenated alkanes) is 1. The van der Waals surface area contributed by atoms with Crippen LogP contribution in [0.1, 0.15) is 24.8 Å². The smallest absolute Gasteiger partial charge is 0.320 e. The van der Waals surface area contributed by atoms with Gasteiger partial charge < -0.3 is 15.7 Å². The number of nitrogens with zero attached hydrogens (tertiary/aromatic N) is 3. The van der Waals surface area contributed by atoms with Crippen LogP contribution in [0.4, 0.5) is 0 Å². The molecule has 4 N–H and O–H groups in total. The van der Waals surface area contributed by atoms with E-state index in [-0.39, 0.29) is 19.1 Å². The number of rotatable bonds is 8. The fourth-order valence-electron chi connectivity index (χ4n) is 4.03. The monoisotopic (exact) mass is 420 g/mol. The number of benzene rings is 1. The van der Waals surface area contributed by atoms with Crippen molar-refractivity contribution in [3.63, 3.8) is 0 Å². The highest BCUT2D eigenvalue weighted by Crippen LogP contribution is 2.59. The lowest BCUT2D eigenvalue weighted by atomic mass is 9.98. The lowest BCUT2D eigenvalue weighted by molar-refractivity contribution is -0.141. The van der Waals surface area contributed by atoms with E-state index in [9.17, 15) is 19.4 Å². The van der Waals surface area contributed by atoms with Crippen LogP contribution in [0, 0.1) is 0 Å². The van der Waals surface area contributed by atoms with Crippen molar-refractivity contribution in [2.45, 2.75) is 31.0 Å². The number of hydrogen-bond donors (Lipinski definition) is 3. The maximum atomic E-state index is 12.9. The molecule has 2 atom stereocenters. The van der Waals surface area contributed by atoms with Gasteiger partial charge in [0.2, 0.25) is 7.37 Å². The van der Waals surface area contributed by atoms with Gasteiger partial charge in [-0.3, -0.25) is 18.9 Å². The summed E-state index contributed by atoms with van der Waals surface area (Å²) in [7, 11) is -1.97. The Labute approximate surface area is 170 Å². The third-order valence-electron chi connectivity index (χ3n) is 5.72. The summed E-state index contributed by atoms with van der Waals surface area (Å²) in [5, 5.41) is 12.8. The van der Waals surface area contributed by atoms with Gasteiger partial charge in [0.1, 0.15) is 0 Å². The fourth-order valence-corrected chi connectivity index (χ4v) is 6.24. The Morgan fingerprint density at radius 2 is 2.07 bits per heavy atom. The maximum absolute atomic E-state index is 12.9. The normalized spacial score (nSPS) is 25.2. The van der Waals surface area contributed by atoms with Crippen LogP contribution in [-0.4, -0.2) is 61.6 Å². The molecule has 0 spiro atoms. The number of nitrogens with two attached hydrogens (primary N) is 1.